The van der Waals surface area contributed by atoms with E-state index < -0.39 is 24.2 Å². The summed E-state index contributed by atoms with van der Waals surface area (Å²) in [5.41, 5.74) is 0.892. The van der Waals surface area contributed by atoms with Crippen molar-refractivity contribution in [3.05, 3.63) is 65.5 Å². The SMILES string of the molecule is COc1cc(C=CC(=O)OCC(=O)c2ccc(F)cc2)ccc1OCC#N. The zero-order valence-electron chi connectivity index (χ0n) is 14.5. The van der Waals surface area contributed by atoms with Gasteiger partial charge in [-0.15, -0.1) is 0 Å². The second-order valence-corrected chi connectivity index (χ2v) is 5.23. The molecule has 0 bridgehead atoms. The van der Waals surface area contributed by atoms with Gasteiger partial charge in [0.05, 0.1) is 7.11 Å². The molecule has 0 spiro atoms. The lowest BCUT2D eigenvalue weighted by Gasteiger charge is -2.08. The number of benzene rings is 2. The van der Waals surface area contributed by atoms with Crippen LogP contribution in [0, 0.1) is 17.1 Å². The standard InChI is InChI=1S/C20H16FNO5/c1-25-19-12-14(2-8-18(19)26-11-10-22)3-9-20(24)27-13-17(23)15-4-6-16(21)7-5-15/h2-9,12H,11,13H2,1H3. The molecular weight excluding hydrogens is 353 g/mol. The van der Waals surface area contributed by atoms with Crippen molar-refractivity contribution in [3.8, 4) is 17.6 Å². The van der Waals surface area contributed by atoms with Gasteiger partial charge in [0.2, 0.25) is 0 Å². The molecule has 0 N–H and O–H groups in total. The number of ether oxygens (including phenoxy) is 3. The molecule has 2 aromatic rings. The fraction of sp³-hybridized carbons (Fsp3) is 0.150. The third kappa shape index (κ3) is 5.97. The normalized spacial score (nSPS) is 10.3. The Morgan fingerprint density at radius 1 is 1.15 bits per heavy atom. The van der Waals surface area contributed by atoms with Crippen molar-refractivity contribution in [2.75, 3.05) is 20.3 Å². The van der Waals surface area contributed by atoms with Gasteiger partial charge in [-0.05, 0) is 48.0 Å². The lowest BCUT2D eigenvalue weighted by atomic mass is 10.1. The third-order valence-electron chi connectivity index (χ3n) is 3.40. The summed E-state index contributed by atoms with van der Waals surface area (Å²) in [5.74, 6) is -0.770. The van der Waals surface area contributed by atoms with E-state index in [0.29, 0.717) is 17.1 Å². The topological polar surface area (TPSA) is 85.6 Å². The Kier molecular flexibility index (Phi) is 7.08. The van der Waals surface area contributed by atoms with E-state index in [-0.39, 0.29) is 12.2 Å². The monoisotopic (exact) mass is 369 g/mol. The van der Waals surface area contributed by atoms with Crippen LogP contribution in [0.15, 0.2) is 48.5 Å². The maximum atomic E-state index is 12.8. The second kappa shape index (κ2) is 9.73. The van der Waals surface area contributed by atoms with Crippen LogP contribution in [0.1, 0.15) is 15.9 Å². The molecule has 0 unspecified atom stereocenters. The van der Waals surface area contributed by atoms with Gasteiger partial charge in [0.25, 0.3) is 0 Å². The quantitative estimate of drug-likeness (QED) is 0.404. The smallest absolute Gasteiger partial charge is 0.331 e. The second-order valence-electron chi connectivity index (χ2n) is 5.23. The predicted molar refractivity (Wildman–Crippen MR) is 94.8 cm³/mol. The third-order valence-corrected chi connectivity index (χ3v) is 3.40. The highest BCUT2D eigenvalue weighted by Crippen LogP contribution is 2.28. The van der Waals surface area contributed by atoms with Gasteiger partial charge in [0, 0.05) is 11.6 Å². The average Bonchev–Trinajstić information content (AvgIpc) is 2.69. The molecule has 6 nitrogen and oxygen atoms in total. The van der Waals surface area contributed by atoms with Gasteiger partial charge in [0.1, 0.15) is 11.9 Å². The number of ketones is 1. The van der Waals surface area contributed by atoms with Crippen LogP contribution in [0.4, 0.5) is 4.39 Å². The average molecular weight is 369 g/mol. The summed E-state index contributed by atoms with van der Waals surface area (Å²) in [4.78, 5) is 23.6. The molecule has 0 aliphatic heterocycles. The van der Waals surface area contributed by atoms with E-state index in [1.165, 1.54) is 31.4 Å². The Balaban J connectivity index is 1.93. The van der Waals surface area contributed by atoms with Gasteiger partial charge in [-0.25, -0.2) is 9.18 Å². The number of rotatable bonds is 8. The fourth-order valence-electron chi connectivity index (χ4n) is 2.09. The summed E-state index contributed by atoms with van der Waals surface area (Å²) in [6.45, 7) is -0.557. The van der Waals surface area contributed by atoms with Gasteiger partial charge in [0.15, 0.2) is 30.5 Å². The van der Waals surface area contributed by atoms with Crippen molar-refractivity contribution in [1.29, 1.82) is 5.26 Å². The first-order valence-corrected chi connectivity index (χ1v) is 7.85. The summed E-state index contributed by atoms with van der Waals surface area (Å²) in [7, 11) is 1.46. The zero-order valence-corrected chi connectivity index (χ0v) is 14.5. The van der Waals surface area contributed by atoms with Crippen LogP contribution in [-0.2, 0) is 9.53 Å². The predicted octanol–water partition coefficient (Wildman–Crippen LogP) is 3.18. The summed E-state index contributed by atoms with van der Waals surface area (Å²) in [5, 5.41) is 8.55. The van der Waals surface area contributed by atoms with E-state index in [2.05, 4.69) is 0 Å². The molecule has 2 rings (SSSR count). The number of esters is 1. The maximum Gasteiger partial charge on any atom is 0.331 e. The van der Waals surface area contributed by atoms with Gasteiger partial charge >= 0.3 is 5.97 Å². The summed E-state index contributed by atoms with van der Waals surface area (Å²) < 4.78 is 28.1. The molecule has 0 aromatic heterocycles. The minimum atomic E-state index is -0.700. The molecule has 7 heteroatoms. The van der Waals surface area contributed by atoms with Gasteiger partial charge in [-0.3, -0.25) is 4.79 Å². The number of nitriles is 1. The van der Waals surface area contributed by atoms with Crippen LogP contribution in [0.5, 0.6) is 11.5 Å². The highest BCUT2D eigenvalue weighted by atomic mass is 19.1. The number of Topliss-reactive ketones (excluding diaryl/α,β-unsaturated/α-hetero) is 1. The molecule has 0 amide bonds. The summed E-state index contributed by atoms with van der Waals surface area (Å²) in [6.07, 6.45) is 2.66. The number of hydrogen-bond acceptors (Lipinski definition) is 6. The summed E-state index contributed by atoms with van der Waals surface area (Å²) >= 11 is 0. The Morgan fingerprint density at radius 2 is 1.89 bits per heavy atom. The van der Waals surface area contributed by atoms with Crippen LogP contribution in [0.2, 0.25) is 0 Å². The van der Waals surface area contributed by atoms with E-state index in [4.69, 9.17) is 19.5 Å². The minimum Gasteiger partial charge on any atom is -0.493 e. The molecule has 0 atom stereocenters. The largest absolute Gasteiger partial charge is 0.493 e. The molecule has 27 heavy (non-hydrogen) atoms. The maximum absolute atomic E-state index is 12.8. The fourth-order valence-corrected chi connectivity index (χ4v) is 2.09. The van der Waals surface area contributed by atoms with E-state index in [1.807, 2.05) is 6.07 Å². The van der Waals surface area contributed by atoms with E-state index in [1.54, 1.807) is 18.2 Å². The highest BCUT2D eigenvalue weighted by Gasteiger charge is 2.09. The zero-order chi connectivity index (χ0) is 19.6. The molecule has 0 radical (unpaired) electrons. The van der Waals surface area contributed by atoms with Crippen molar-refractivity contribution in [2.45, 2.75) is 0 Å². The number of nitrogens with zero attached hydrogens (tertiary/aromatic N) is 1. The summed E-state index contributed by atoms with van der Waals surface area (Å²) in [6, 6.07) is 11.7. The molecule has 0 saturated carbocycles. The van der Waals surface area contributed by atoms with E-state index in [9.17, 15) is 14.0 Å². The molecule has 0 aliphatic rings. The van der Waals surface area contributed by atoms with E-state index in [0.717, 1.165) is 12.1 Å². The molecule has 2 aromatic carbocycles. The Morgan fingerprint density at radius 3 is 2.56 bits per heavy atom. The van der Waals surface area contributed by atoms with Crippen molar-refractivity contribution < 1.29 is 28.2 Å². The number of hydrogen-bond donors (Lipinski definition) is 0. The first kappa shape index (κ1) is 19.7. The molecule has 0 saturated heterocycles. The Hall–Kier alpha value is -3.66. The lowest BCUT2D eigenvalue weighted by molar-refractivity contribution is -0.136. The molecule has 0 fully saturated rings. The van der Waals surface area contributed by atoms with Crippen LogP contribution < -0.4 is 9.47 Å². The van der Waals surface area contributed by atoms with Crippen LogP contribution in [-0.4, -0.2) is 32.1 Å². The first-order chi connectivity index (χ1) is 13.0. The number of halogens is 1. The van der Waals surface area contributed by atoms with Crippen LogP contribution in [0.3, 0.4) is 0 Å². The highest BCUT2D eigenvalue weighted by molar-refractivity contribution is 5.98. The Bertz CT molecular complexity index is 884. The molecule has 0 heterocycles. The van der Waals surface area contributed by atoms with Gasteiger partial charge in [-0.1, -0.05) is 6.07 Å². The number of methoxy groups -OCH3 is 1. The van der Waals surface area contributed by atoms with E-state index >= 15 is 0 Å². The van der Waals surface area contributed by atoms with Crippen molar-refractivity contribution >= 4 is 17.8 Å². The molecule has 0 aliphatic carbocycles. The minimum absolute atomic E-state index is 0.111. The Labute approximate surface area is 155 Å². The van der Waals surface area contributed by atoms with Crippen molar-refractivity contribution in [2.24, 2.45) is 0 Å². The van der Waals surface area contributed by atoms with Gasteiger partial charge in [-0.2, -0.15) is 5.26 Å². The van der Waals surface area contributed by atoms with Crippen molar-refractivity contribution in [3.63, 3.8) is 0 Å². The van der Waals surface area contributed by atoms with Gasteiger partial charge < -0.3 is 14.2 Å². The van der Waals surface area contributed by atoms with Crippen molar-refractivity contribution in [1.82, 2.24) is 0 Å². The molecule has 138 valence electrons. The molecular formula is C20H16FNO5. The first-order valence-electron chi connectivity index (χ1n) is 7.85. The van der Waals surface area contributed by atoms with Crippen LogP contribution in [0.25, 0.3) is 6.08 Å². The number of carbonyl (C=O) groups excluding carboxylic acids is 2. The van der Waals surface area contributed by atoms with Crippen LogP contribution >= 0.6 is 0 Å². The number of carbonyl (C=O) groups is 2. The lowest BCUT2D eigenvalue weighted by Crippen LogP contribution is -2.12.